The van der Waals surface area contributed by atoms with E-state index in [4.69, 9.17) is 18.8 Å². The summed E-state index contributed by atoms with van der Waals surface area (Å²) in [4.78, 5) is 0. The molecule has 0 aliphatic carbocycles. The highest BCUT2D eigenvalue weighted by atomic mass is 16.7. The van der Waals surface area contributed by atoms with Crippen LogP contribution in [0.1, 0.15) is 47.1 Å². The third kappa shape index (κ3) is 3.26. The number of hydrogen-bond acceptors (Lipinski definition) is 4. The number of ether oxygens (including phenoxy) is 2. The van der Waals surface area contributed by atoms with E-state index in [2.05, 4.69) is 6.58 Å². The Morgan fingerprint density at radius 1 is 1.13 bits per heavy atom. The van der Waals surface area contributed by atoms with E-state index < -0.39 is 18.3 Å². The van der Waals surface area contributed by atoms with Gasteiger partial charge in [-0.2, -0.15) is 0 Å². The minimum Gasteiger partial charge on any atom is -0.493 e. The van der Waals surface area contributed by atoms with Crippen LogP contribution in [0, 0.1) is 0 Å². The van der Waals surface area contributed by atoms with Crippen LogP contribution < -0.4 is 14.9 Å². The Hall–Kier alpha value is -1.46. The van der Waals surface area contributed by atoms with Crippen molar-refractivity contribution in [2.24, 2.45) is 0 Å². The Kier molecular flexibility index (Phi) is 4.83. The molecule has 1 saturated heterocycles. The maximum atomic E-state index is 6.21. The van der Waals surface area contributed by atoms with Crippen molar-refractivity contribution in [3.63, 3.8) is 0 Å². The Bertz CT molecular complexity index is 577. The van der Waals surface area contributed by atoms with Gasteiger partial charge in [0.25, 0.3) is 0 Å². The molecule has 4 nitrogen and oxygen atoms in total. The fraction of sp³-hybridized carbons (Fsp3) is 0.556. The van der Waals surface area contributed by atoms with Crippen molar-refractivity contribution < 1.29 is 18.8 Å². The second kappa shape index (κ2) is 6.21. The zero-order valence-corrected chi connectivity index (χ0v) is 15.2. The quantitative estimate of drug-likeness (QED) is 0.780. The van der Waals surface area contributed by atoms with E-state index in [9.17, 15) is 0 Å². The maximum Gasteiger partial charge on any atom is 0.499 e. The molecule has 0 amide bonds. The molecule has 1 fully saturated rings. The van der Waals surface area contributed by atoms with E-state index in [-0.39, 0.29) is 6.10 Å². The first-order chi connectivity index (χ1) is 10.6. The van der Waals surface area contributed by atoms with Gasteiger partial charge in [0, 0.05) is 5.46 Å². The lowest BCUT2D eigenvalue weighted by Gasteiger charge is -2.32. The van der Waals surface area contributed by atoms with Gasteiger partial charge in [0.1, 0.15) is 0 Å². The van der Waals surface area contributed by atoms with Crippen molar-refractivity contribution in [1.82, 2.24) is 0 Å². The molecule has 0 N–H and O–H groups in total. The number of rotatable bonds is 5. The van der Waals surface area contributed by atoms with E-state index in [1.807, 2.05) is 53.7 Å². The summed E-state index contributed by atoms with van der Waals surface area (Å²) in [5, 5.41) is 0. The summed E-state index contributed by atoms with van der Waals surface area (Å²) in [7, 11) is 1.10. The van der Waals surface area contributed by atoms with Crippen LogP contribution in [0.5, 0.6) is 11.5 Å². The van der Waals surface area contributed by atoms with Crippen molar-refractivity contribution in [3.8, 4) is 11.5 Å². The summed E-state index contributed by atoms with van der Waals surface area (Å²) in [6.07, 6.45) is 1.79. The number of methoxy groups -OCH3 is 1. The van der Waals surface area contributed by atoms with Gasteiger partial charge in [-0.25, -0.2) is 0 Å². The van der Waals surface area contributed by atoms with Crippen molar-refractivity contribution in [2.45, 2.75) is 58.8 Å². The normalized spacial score (nSPS) is 19.0. The second-order valence-electron chi connectivity index (χ2n) is 7.06. The van der Waals surface area contributed by atoms with Gasteiger partial charge in [0.2, 0.25) is 0 Å². The molecule has 0 radical (unpaired) electrons. The summed E-state index contributed by atoms with van der Waals surface area (Å²) in [6, 6.07) is 3.82. The average molecular weight is 318 g/mol. The maximum absolute atomic E-state index is 6.21. The highest BCUT2D eigenvalue weighted by Crippen LogP contribution is 2.39. The largest absolute Gasteiger partial charge is 0.499 e. The first-order valence-corrected chi connectivity index (χ1v) is 7.98. The van der Waals surface area contributed by atoms with E-state index >= 15 is 0 Å². The van der Waals surface area contributed by atoms with Crippen molar-refractivity contribution in [2.75, 3.05) is 7.11 Å². The van der Waals surface area contributed by atoms with Gasteiger partial charge in [0.05, 0.1) is 24.4 Å². The lowest BCUT2D eigenvalue weighted by Crippen LogP contribution is -2.41. The van der Waals surface area contributed by atoms with Crippen LogP contribution in [0.3, 0.4) is 0 Å². The zero-order valence-electron chi connectivity index (χ0n) is 15.2. The Balaban J connectivity index is 2.58. The van der Waals surface area contributed by atoms with Gasteiger partial charge in [-0.15, -0.1) is 0 Å². The SMILES string of the molecule is C=Cc1ccc(OC)c(OC(C)C)c1B1OC(C)(C)C(C)(C)O1. The molecule has 1 aliphatic heterocycles. The first kappa shape index (κ1) is 17.9. The molecule has 23 heavy (non-hydrogen) atoms. The molecule has 5 heteroatoms. The molecule has 0 saturated carbocycles. The highest BCUT2D eigenvalue weighted by molar-refractivity contribution is 6.64. The summed E-state index contributed by atoms with van der Waals surface area (Å²) >= 11 is 0. The molecule has 0 spiro atoms. The van der Waals surface area contributed by atoms with E-state index in [1.54, 1.807) is 13.2 Å². The lowest BCUT2D eigenvalue weighted by atomic mass is 9.75. The molecule has 2 rings (SSSR count). The molecule has 1 aliphatic rings. The monoisotopic (exact) mass is 318 g/mol. The molecule has 1 aromatic rings. The van der Waals surface area contributed by atoms with Crippen LogP contribution in [-0.4, -0.2) is 31.5 Å². The van der Waals surface area contributed by atoms with Crippen LogP contribution in [-0.2, 0) is 9.31 Å². The van der Waals surface area contributed by atoms with Crippen LogP contribution in [0.25, 0.3) is 6.08 Å². The van der Waals surface area contributed by atoms with Gasteiger partial charge in [-0.3, -0.25) is 0 Å². The molecule has 1 aromatic carbocycles. The lowest BCUT2D eigenvalue weighted by molar-refractivity contribution is 0.00578. The van der Waals surface area contributed by atoms with E-state index in [0.717, 1.165) is 11.0 Å². The van der Waals surface area contributed by atoms with Gasteiger partial charge in [-0.05, 0) is 53.2 Å². The summed E-state index contributed by atoms with van der Waals surface area (Å²) in [5.74, 6) is 1.31. The van der Waals surface area contributed by atoms with E-state index in [1.165, 1.54) is 0 Å². The van der Waals surface area contributed by atoms with Crippen LogP contribution in [0.15, 0.2) is 18.7 Å². The third-order valence-electron chi connectivity index (χ3n) is 4.48. The molecular weight excluding hydrogens is 291 g/mol. The van der Waals surface area contributed by atoms with Gasteiger partial charge >= 0.3 is 7.12 Å². The van der Waals surface area contributed by atoms with Gasteiger partial charge in [0.15, 0.2) is 11.5 Å². The second-order valence-corrected chi connectivity index (χ2v) is 7.06. The van der Waals surface area contributed by atoms with Crippen molar-refractivity contribution >= 4 is 18.7 Å². The Morgan fingerprint density at radius 3 is 2.13 bits per heavy atom. The topological polar surface area (TPSA) is 36.9 Å². The molecule has 0 atom stereocenters. The van der Waals surface area contributed by atoms with Crippen LogP contribution >= 0.6 is 0 Å². The Morgan fingerprint density at radius 2 is 1.70 bits per heavy atom. The van der Waals surface area contributed by atoms with Crippen molar-refractivity contribution in [3.05, 3.63) is 24.3 Å². The van der Waals surface area contributed by atoms with Crippen LogP contribution in [0.2, 0.25) is 0 Å². The molecule has 0 aromatic heterocycles. The minimum atomic E-state index is -0.531. The Labute approximate surface area is 139 Å². The first-order valence-electron chi connectivity index (χ1n) is 7.98. The fourth-order valence-corrected chi connectivity index (χ4v) is 2.49. The highest BCUT2D eigenvalue weighted by Gasteiger charge is 2.53. The average Bonchev–Trinajstić information content (AvgIpc) is 2.65. The van der Waals surface area contributed by atoms with Crippen LogP contribution in [0.4, 0.5) is 0 Å². The molecule has 0 bridgehead atoms. The standard InChI is InChI=1S/C18H27BO4/c1-9-13-10-11-14(20-8)16(21-12(2)3)15(13)19-22-17(4,5)18(6,7)23-19/h9-12H,1H2,2-8H3. The molecule has 1 heterocycles. The molecule has 0 unspecified atom stereocenters. The number of hydrogen-bond donors (Lipinski definition) is 0. The van der Waals surface area contributed by atoms with Gasteiger partial charge < -0.3 is 18.8 Å². The summed E-state index contributed by atoms with van der Waals surface area (Å²) < 4.78 is 23.9. The summed E-state index contributed by atoms with van der Waals surface area (Å²) in [5.41, 5.74) is 0.898. The number of benzene rings is 1. The van der Waals surface area contributed by atoms with Crippen molar-refractivity contribution in [1.29, 1.82) is 0 Å². The zero-order chi connectivity index (χ0) is 17.4. The molecular formula is C18H27BO4. The molecule has 126 valence electrons. The van der Waals surface area contributed by atoms with E-state index in [0.29, 0.717) is 11.5 Å². The predicted molar refractivity (Wildman–Crippen MR) is 94.6 cm³/mol. The van der Waals surface area contributed by atoms with Gasteiger partial charge in [-0.1, -0.05) is 18.7 Å². The smallest absolute Gasteiger partial charge is 0.493 e. The fourth-order valence-electron chi connectivity index (χ4n) is 2.49. The predicted octanol–water partition coefficient (Wildman–Crippen LogP) is 3.42. The summed E-state index contributed by atoms with van der Waals surface area (Å²) in [6.45, 7) is 16.0. The third-order valence-corrected chi connectivity index (χ3v) is 4.48. The minimum absolute atomic E-state index is 0.00476.